The molecule has 0 bridgehead atoms. The second kappa shape index (κ2) is 3.66. The number of primary amides is 1. The number of amides is 1. The lowest BCUT2D eigenvalue weighted by molar-refractivity contribution is -0.120. The average molecular weight is 204 g/mol. The highest BCUT2D eigenvalue weighted by molar-refractivity contribution is 5.80. The normalized spacial score (nSPS) is 19.7. The lowest BCUT2D eigenvalue weighted by atomic mass is 9.90. The van der Waals surface area contributed by atoms with Crippen molar-refractivity contribution in [1.29, 1.82) is 0 Å². The van der Waals surface area contributed by atoms with Crippen LogP contribution in [0.15, 0.2) is 12.1 Å². The van der Waals surface area contributed by atoms with E-state index < -0.39 is 0 Å². The second-order valence-corrected chi connectivity index (χ2v) is 4.26. The number of carbonyl (C=O) groups is 1. The highest BCUT2D eigenvalue weighted by Crippen LogP contribution is 2.22. The summed E-state index contributed by atoms with van der Waals surface area (Å²) in [4.78, 5) is 11.1. The van der Waals surface area contributed by atoms with Crippen molar-refractivity contribution in [1.82, 2.24) is 5.32 Å². The maximum absolute atomic E-state index is 11.1. The number of rotatable bonds is 1. The van der Waals surface area contributed by atoms with E-state index in [9.17, 15) is 4.79 Å². The first-order valence-electron chi connectivity index (χ1n) is 5.19. The number of nitrogens with one attached hydrogen (secondary N) is 1. The first kappa shape index (κ1) is 10.2. The zero-order valence-corrected chi connectivity index (χ0v) is 9.13. The van der Waals surface area contributed by atoms with Crippen molar-refractivity contribution in [3.05, 3.63) is 34.4 Å². The van der Waals surface area contributed by atoms with Gasteiger partial charge in [0.1, 0.15) is 0 Å². The Labute approximate surface area is 89.7 Å². The molecule has 0 saturated heterocycles. The molecule has 1 heterocycles. The van der Waals surface area contributed by atoms with Crippen LogP contribution in [-0.2, 0) is 17.8 Å². The van der Waals surface area contributed by atoms with Crippen LogP contribution in [0.5, 0.6) is 0 Å². The monoisotopic (exact) mass is 204 g/mol. The van der Waals surface area contributed by atoms with Gasteiger partial charge in [0, 0.05) is 6.54 Å². The number of hydrogen-bond donors (Lipinski definition) is 2. The van der Waals surface area contributed by atoms with Crippen LogP contribution >= 0.6 is 0 Å². The fourth-order valence-electron chi connectivity index (χ4n) is 2.25. The van der Waals surface area contributed by atoms with Gasteiger partial charge >= 0.3 is 0 Å². The van der Waals surface area contributed by atoms with E-state index in [0.717, 1.165) is 13.0 Å². The van der Waals surface area contributed by atoms with E-state index in [-0.39, 0.29) is 11.9 Å². The number of hydrogen-bond acceptors (Lipinski definition) is 2. The molecule has 0 radical (unpaired) electrons. The van der Waals surface area contributed by atoms with Gasteiger partial charge in [-0.15, -0.1) is 0 Å². The third kappa shape index (κ3) is 1.88. The van der Waals surface area contributed by atoms with E-state index >= 15 is 0 Å². The van der Waals surface area contributed by atoms with Crippen molar-refractivity contribution < 1.29 is 4.79 Å². The SMILES string of the molecule is Cc1cc(C)c2c(c1)CNC(C(N)=O)C2. The molecule has 1 aromatic carbocycles. The van der Waals surface area contributed by atoms with Crippen molar-refractivity contribution in [2.24, 2.45) is 5.73 Å². The number of aryl methyl sites for hydroxylation is 2. The summed E-state index contributed by atoms with van der Waals surface area (Å²) in [6.07, 6.45) is 0.719. The topological polar surface area (TPSA) is 55.1 Å². The molecule has 15 heavy (non-hydrogen) atoms. The first-order valence-corrected chi connectivity index (χ1v) is 5.19. The van der Waals surface area contributed by atoms with Crippen LogP contribution in [0.25, 0.3) is 0 Å². The van der Waals surface area contributed by atoms with Gasteiger partial charge in [0.25, 0.3) is 0 Å². The van der Waals surface area contributed by atoms with Crippen LogP contribution in [0.3, 0.4) is 0 Å². The van der Waals surface area contributed by atoms with E-state index in [4.69, 9.17) is 5.73 Å². The summed E-state index contributed by atoms with van der Waals surface area (Å²) >= 11 is 0. The predicted molar refractivity (Wildman–Crippen MR) is 59.4 cm³/mol. The van der Waals surface area contributed by atoms with E-state index in [1.807, 2.05) is 0 Å². The second-order valence-electron chi connectivity index (χ2n) is 4.26. The molecule has 1 amide bonds. The number of benzene rings is 1. The Morgan fingerprint density at radius 2 is 2.20 bits per heavy atom. The fraction of sp³-hybridized carbons (Fsp3) is 0.417. The Morgan fingerprint density at radius 1 is 1.47 bits per heavy atom. The van der Waals surface area contributed by atoms with Crippen molar-refractivity contribution in [2.75, 3.05) is 0 Å². The van der Waals surface area contributed by atoms with Crippen LogP contribution in [0.1, 0.15) is 22.3 Å². The van der Waals surface area contributed by atoms with E-state index in [2.05, 4.69) is 31.3 Å². The van der Waals surface area contributed by atoms with Gasteiger partial charge in [0.2, 0.25) is 5.91 Å². The molecule has 0 aliphatic carbocycles. The largest absolute Gasteiger partial charge is 0.368 e. The van der Waals surface area contributed by atoms with E-state index in [1.165, 1.54) is 22.3 Å². The van der Waals surface area contributed by atoms with Gasteiger partial charge in [-0.05, 0) is 37.0 Å². The molecule has 0 spiro atoms. The van der Waals surface area contributed by atoms with Crippen LogP contribution in [0, 0.1) is 13.8 Å². The Morgan fingerprint density at radius 3 is 2.87 bits per heavy atom. The summed E-state index contributed by atoms with van der Waals surface area (Å²) in [5, 5.41) is 3.15. The summed E-state index contributed by atoms with van der Waals surface area (Å²) in [7, 11) is 0. The summed E-state index contributed by atoms with van der Waals surface area (Å²) in [5.74, 6) is -0.263. The van der Waals surface area contributed by atoms with Gasteiger partial charge in [-0.3, -0.25) is 4.79 Å². The third-order valence-corrected chi connectivity index (χ3v) is 3.00. The Kier molecular flexibility index (Phi) is 2.49. The lowest BCUT2D eigenvalue weighted by Crippen LogP contribution is -2.45. The van der Waals surface area contributed by atoms with Crippen LogP contribution < -0.4 is 11.1 Å². The fourth-order valence-corrected chi connectivity index (χ4v) is 2.25. The van der Waals surface area contributed by atoms with Gasteiger partial charge in [0.15, 0.2) is 0 Å². The average Bonchev–Trinajstić information content (AvgIpc) is 2.16. The Bertz CT molecular complexity index is 412. The standard InChI is InChI=1S/C12H16N2O/c1-7-3-8(2)10-5-11(12(13)15)14-6-9(10)4-7/h3-4,11,14H,5-6H2,1-2H3,(H2,13,15). The van der Waals surface area contributed by atoms with E-state index in [1.54, 1.807) is 0 Å². The minimum Gasteiger partial charge on any atom is -0.368 e. The molecule has 1 atom stereocenters. The van der Waals surface area contributed by atoms with Crippen molar-refractivity contribution in [2.45, 2.75) is 32.9 Å². The maximum Gasteiger partial charge on any atom is 0.234 e. The zero-order valence-electron chi connectivity index (χ0n) is 9.13. The summed E-state index contributed by atoms with van der Waals surface area (Å²) < 4.78 is 0. The third-order valence-electron chi connectivity index (χ3n) is 3.00. The number of nitrogens with two attached hydrogens (primary N) is 1. The van der Waals surface area contributed by atoms with Gasteiger partial charge in [-0.1, -0.05) is 17.7 Å². The molecular weight excluding hydrogens is 188 g/mol. The molecule has 3 N–H and O–H groups in total. The predicted octanol–water partition coefficient (Wildman–Crippen LogP) is 0.803. The molecule has 3 nitrogen and oxygen atoms in total. The molecule has 1 aliphatic heterocycles. The lowest BCUT2D eigenvalue weighted by Gasteiger charge is -2.25. The van der Waals surface area contributed by atoms with Crippen molar-refractivity contribution in [3.8, 4) is 0 Å². The van der Waals surface area contributed by atoms with Gasteiger partial charge in [-0.25, -0.2) is 0 Å². The highest BCUT2D eigenvalue weighted by atomic mass is 16.1. The quantitative estimate of drug-likeness (QED) is 0.711. The maximum atomic E-state index is 11.1. The van der Waals surface area contributed by atoms with E-state index in [0.29, 0.717) is 0 Å². The molecule has 0 saturated carbocycles. The molecule has 1 aliphatic rings. The molecule has 1 unspecified atom stereocenters. The first-order chi connectivity index (χ1) is 7.08. The Hall–Kier alpha value is -1.35. The zero-order chi connectivity index (χ0) is 11.0. The summed E-state index contributed by atoms with van der Waals surface area (Å²) in [6.45, 7) is 4.92. The number of carbonyl (C=O) groups excluding carboxylic acids is 1. The molecule has 2 rings (SSSR count). The summed E-state index contributed by atoms with van der Waals surface area (Å²) in [6, 6.07) is 4.12. The molecule has 1 aromatic rings. The molecule has 0 fully saturated rings. The van der Waals surface area contributed by atoms with Gasteiger partial charge < -0.3 is 11.1 Å². The van der Waals surface area contributed by atoms with Crippen LogP contribution in [-0.4, -0.2) is 11.9 Å². The highest BCUT2D eigenvalue weighted by Gasteiger charge is 2.23. The molecule has 80 valence electrons. The molecule has 0 aromatic heterocycles. The van der Waals surface area contributed by atoms with Crippen molar-refractivity contribution >= 4 is 5.91 Å². The van der Waals surface area contributed by atoms with Gasteiger partial charge in [0.05, 0.1) is 6.04 Å². The minimum atomic E-state index is -0.263. The van der Waals surface area contributed by atoms with Gasteiger partial charge in [-0.2, -0.15) is 0 Å². The Balaban J connectivity index is 2.37. The molecular formula is C12H16N2O. The van der Waals surface area contributed by atoms with Crippen LogP contribution in [0.4, 0.5) is 0 Å². The minimum absolute atomic E-state index is 0.209. The van der Waals surface area contributed by atoms with Crippen LogP contribution in [0.2, 0.25) is 0 Å². The summed E-state index contributed by atoms with van der Waals surface area (Å²) in [5.41, 5.74) is 10.4. The van der Waals surface area contributed by atoms with Crippen molar-refractivity contribution in [3.63, 3.8) is 0 Å². The smallest absolute Gasteiger partial charge is 0.234 e. The molecule has 3 heteroatoms. The number of fused-ring (bicyclic) bond motifs is 1.